The van der Waals surface area contributed by atoms with Gasteiger partial charge in [-0.3, -0.25) is 4.57 Å². The van der Waals surface area contributed by atoms with Crippen LogP contribution in [0, 0.1) is 5.82 Å². The smallest absolute Gasteiger partial charge is 0.247 e. The highest BCUT2D eigenvalue weighted by molar-refractivity contribution is 7.99. The van der Waals surface area contributed by atoms with E-state index < -0.39 is 5.82 Å². The van der Waals surface area contributed by atoms with Crippen molar-refractivity contribution in [3.8, 4) is 17.2 Å². The molecule has 0 saturated heterocycles. The molecule has 7 nitrogen and oxygen atoms in total. The minimum absolute atomic E-state index is 0.0788. The van der Waals surface area contributed by atoms with Crippen LogP contribution in [0.1, 0.15) is 23.9 Å². The van der Waals surface area contributed by atoms with Crippen molar-refractivity contribution in [1.29, 1.82) is 0 Å². The molecule has 0 aliphatic rings. The topological polar surface area (TPSA) is 78.9 Å². The molecule has 0 bridgehead atoms. The minimum Gasteiger partial charge on any atom is -0.483 e. The number of rotatable bonds is 9. The molecule has 4 rings (SSSR count). The molecule has 2 heterocycles. The van der Waals surface area contributed by atoms with E-state index in [0.717, 1.165) is 5.56 Å². The molecule has 2 aromatic heterocycles. The molecule has 158 valence electrons. The maximum atomic E-state index is 13.8. The predicted molar refractivity (Wildman–Crippen MR) is 115 cm³/mol. The number of benzene rings is 2. The Labute approximate surface area is 183 Å². The normalized spacial score (nSPS) is 11.9. The van der Waals surface area contributed by atoms with E-state index in [2.05, 4.69) is 27.0 Å². The zero-order valence-electron chi connectivity index (χ0n) is 16.8. The summed E-state index contributed by atoms with van der Waals surface area (Å²) in [6.07, 6.45) is 1.74. The summed E-state index contributed by atoms with van der Waals surface area (Å²) in [6, 6.07) is 15.8. The number of allylic oxidation sites excluding steroid dienone is 1. The van der Waals surface area contributed by atoms with Gasteiger partial charge < -0.3 is 9.15 Å². The summed E-state index contributed by atoms with van der Waals surface area (Å²) in [6.45, 7) is 6.31. The third kappa shape index (κ3) is 4.83. The van der Waals surface area contributed by atoms with Gasteiger partial charge >= 0.3 is 0 Å². The second-order valence-electron chi connectivity index (χ2n) is 6.59. The van der Waals surface area contributed by atoms with Gasteiger partial charge in [0, 0.05) is 12.1 Å². The van der Waals surface area contributed by atoms with Crippen molar-refractivity contribution in [3.63, 3.8) is 0 Å². The van der Waals surface area contributed by atoms with Crippen molar-refractivity contribution in [2.45, 2.75) is 30.5 Å². The Morgan fingerprint density at radius 1 is 1.10 bits per heavy atom. The Morgan fingerprint density at radius 3 is 2.65 bits per heavy atom. The zero-order chi connectivity index (χ0) is 21.6. The van der Waals surface area contributed by atoms with Crippen molar-refractivity contribution >= 4 is 11.8 Å². The predicted octanol–water partition coefficient (Wildman–Crippen LogP) is 5.09. The number of halogens is 1. The molecule has 0 saturated carbocycles. The highest BCUT2D eigenvalue weighted by Gasteiger charge is 2.21. The minimum atomic E-state index is -0.425. The van der Waals surface area contributed by atoms with E-state index in [4.69, 9.17) is 9.15 Å². The molecule has 1 unspecified atom stereocenters. The van der Waals surface area contributed by atoms with Gasteiger partial charge in [0.1, 0.15) is 6.61 Å². The fourth-order valence-corrected chi connectivity index (χ4v) is 3.74. The molecule has 2 aromatic carbocycles. The summed E-state index contributed by atoms with van der Waals surface area (Å²) >= 11 is 1.43. The van der Waals surface area contributed by atoms with Crippen molar-refractivity contribution in [3.05, 3.63) is 84.8 Å². The molecule has 0 aliphatic carbocycles. The molecule has 0 fully saturated rings. The van der Waals surface area contributed by atoms with E-state index in [1.165, 1.54) is 17.8 Å². The first-order chi connectivity index (χ1) is 15.2. The van der Waals surface area contributed by atoms with E-state index in [-0.39, 0.29) is 17.6 Å². The molecule has 31 heavy (non-hydrogen) atoms. The highest BCUT2D eigenvalue weighted by atomic mass is 32.2. The van der Waals surface area contributed by atoms with E-state index in [0.29, 0.717) is 29.3 Å². The summed E-state index contributed by atoms with van der Waals surface area (Å²) in [5.74, 6) is 1.26. The Bertz CT molecular complexity index is 1160. The van der Waals surface area contributed by atoms with Crippen LogP contribution in [-0.2, 0) is 13.2 Å². The maximum absolute atomic E-state index is 13.8. The lowest BCUT2D eigenvalue weighted by atomic mass is 10.2. The molecule has 9 heteroatoms. The molecule has 1 atom stereocenters. The maximum Gasteiger partial charge on any atom is 0.247 e. The summed E-state index contributed by atoms with van der Waals surface area (Å²) in [7, 11) is 0. The monoisotopic (exact) mass is 437 g/mol. The fourth-order valence-electron chi connectivity index (χ4n) is 2.83. The first-order valence-electron chi connectivity index (χ1n) is 9.61. The van der Waals surface area contributed by atoms with Crippen molar-refractivity contribution in [2.24, 2.45) is 0 Å². The first-order valence-corrected chi connectivity index (χ1v) is 10.5. The largest absolute Gasteiger partial charge is 0.483 e. The van der Waals surface area contributed by atoms with Gasteiger partial charge in [0.05, 0.1) is 5.25 Å². The van der Waals surface area contributed by atoms with Gasteiger partial charge in [-0.25, -0.2) is 4.39 Å². The van der Waals surface area contributed by atoms with Crippen LogP contribution < -0.4 is 4.74 Å². The molecule has 0 N–H and O–H groups in total. The molecular weight excluding hydrogens is 417 g/mol. The molecule has 0 radical (unpaired) electrons. The van der Waals surface area contributed by atoms with Crippen molar-refractivity contribution in [1.82, 2.24) is 25.0 Å². The first kappa shape index (κ1) is 20.8. The highest BCUT2D eigenvalue weighted by Crippen LogP contribution is 2.34. The third-order valence-electron chi connectivity index (χ3n) is 4.39. The van der Waals surface area contributed by atoms with Crippen molar-refractivity contribution < 1.29 is 13.5 Å². The van der Waals surface area contributed by atoms with E-state index in [1.807, 2.05) is 41.8 Å². The summed E-state index contributed by atoms with van der Waals surface area (Å²) in [4.78, 5) is 0. The van der Waals surface area contributed by atoms with E-state index in [1.54, 1.807) is 24.3 Å². The average Bonchev–Trinajstić information content (AvgIpc) is 3.42. The Kier molecular flexibility index (Phi) is 6.42. The van der Waals surface area contributed by atoms with Crippen molar-refractivity contribution in [2.75, 3.05) is 0 Å². The fraction of sp³-hybridized carbons (Fsp3) is 0.182. The van der Waals surface area contributed by atoms with Gasteiger partial charge in [-0.1, -0.05) is 48.2 Å². The Balaban J connectivity index is 1.48. The van der Waals surface area contributed by atoms with Crippen LogP contribution in [0.3, 0.4) is 0 Å². The van der Waals surface area contributed by atoms with Gasteiger partial charge in [0.2, 0.25) is 11.8 Å². The van der Waals surface area contributed by atoms with Crippen LogP contribution in [0.4, 0.5) is 4.39 Å². The number of nitrogens with zero attached hydrogens (tertiary/aromatic N) is 5. The number of hydrogen-bond donors (Lipinski definition) is 0. The lowest BCUT2D eigenvalue weighted by molar-refractivity contribution is 0.275. The quantitative estimate of drug-likeness (QED) is 0.267. The van der Waals surface area contributed by atoms with Gasteiger partial charge in [0.25, 0.3) is 0 Å². The number of para-hydroxylation sites is 1. The second-order valence-corrected chi connectivity index (χ2v) is 7.90. The van der Waals surface area contributed by atoms with Crippen LogP contribution in [0.15, 0.2) is 76.8 Å². The van der Waals surface area contributed by atoms with Crippen LogP contribution in [0.25, 0.3) is 11.5 Å². The average molecular weight is 438 g/mol. The molecular formula is C22H20FN5O2S. The van der Waals surface area contributed by atoms with Gasteiger partial charge in [0.15, 0.2) is 22.5 Å². The number of hydrogen-bond acceptors (Lipinski definition) is 7. The number of aromatic nitrogens is 5. The lowest BCUT2D eigenvalue weighted by Crippen LogP contribution is -2.08. The Hall–Kier alpha value is -3.46. The number of ether oxygens (including phenoxy) is 1. The van der Waals surface area contributed by atoms with Crippen LogP contribution in [0.5, 0.6) is 5.75 Å². The van der Waals surface area contributed by atoms with Gasteiger partial charge in [-0.2, -0.15) is 0 Å². The SMILES string of the molecule is C=CCn1c(COc2ccccc2F)nnc1SC(C)c1nnc(-c2ccccc2)o1. The van der Waals surface area contributed by atoms with Gasteiger partial charge in [-0.15, -0.1) is 27.0 Å². The summed E-state index contributed by atoms with van der Waals surface area (Å²) in [5, 5.41) is 17.3. The molecule has 0 spiro atoms. The van der Waals surface area contributed by atoms with Crippen LogP contribution >= 0.6 is 11.8 Å². The zero-order valence-corrected chi connectivity index (χ0v) is 17.6. The Morgan fingerprint density at radius 2 is 1.87 bits per heavy atom. The van der Waals surface area contributed by atoms with Crippen LogP contribution in [0.2, 0.25) is 0 Å². The number of thioether (sulfide) groups is 1. The third-order valence-corrected chi connectivity index (χ3v) is 5.46. The second kappa shape index (κ2) is 9.57. The molecule has 0 amide bonds. The molecule has 0 aliphatic heterocycles. The standard InChI is InChI=1S/C22H20FN5O2S/c1-3-13-28-19(14-29-18-12-8-7-11-17(18)23)24-27-22(28)31-15(2)20-25-26-21(30-20)16-9-5-4-6-10-16/h3-12,15H,1,13-14H2,2H3. The lowest BCUT2D eigenvalue weighted by Gasteiger charge is -2.11. The van der Waals surface area contributed by atoms with Gasteiger partial charge in [-0.05, 0) is 31.2 Å². The summed E-state index contributed by atoms with van der Waals surface area (Å²) < 4.78 is 27.1. The van der Waals surface area contributed by atoms with Crippen LogP contribution in [-0.4, -0.2) is 25.0 Å². The van der Waals surface area contributed by atoms with E-state index in [9.17, 15) is 4.39 Å². The molecule has 4 aromatic rings. The van der Waals surface area contributed by atoms with E-state index >= 15 is 0 Å². The summed E-state index contributed by atoms with van der Waals surface area (Å²) in [5.41, 5.74) is 0.862.